The molecule has 0 fully saturated rings. The van der Waals surface area contributed by atoms with Crippen LogP contribution in [0, 0.1) is 24.0 Å². The van der Waals surface area contributed by atoms with Crippen LogP contribution in [-0.2, 0) is 6.61 Å². The molecule has 0 radical (unpaired) electrons. The maximum atomic E-state index is 10.5. The van der Waals surface area contributed by atoms with E-state index in [0.717, 1.165) is 11.3 Å². The van der Waals surface area contributed by atoms with Crippen LogP contribution in [0.2, 0.25) is 0 Å². The van der Waals surface area contributed by atoms with Crippen LogP contribution in [0.25, 0.3) is 0 Å². The number of nitro groups is 1. The number of nitrogens with zero attached hydrogens (tertiary/aromatic N) is 1. The van der Waals surface area contributed by atoms with Gasteiger partial charge in [0.25, 0.3) is 5.69 Å². The molecule has 0 spiro atoms. The third-order valence-electron chi connectivity index (χ3n) is 3.03. The molecule has 4 heteroatoms. The smallest absolute Gasteiger partial charge is 0.269 e. The van der Waals surface area contributed by atoms with Crippen molar-refractivity contribution in [2.75, 3.05) is 0 Å². The lowest BCUT2D eigenvalue weighted by Gasteiger charge is -2.08. The first-order chi connectivity index (χ1) is 9.06. The fraction of sp³-hybridized carbons (Fsp3) is 0.200. The second-order valence-electron chi connectivity index (χ2n) is 4.46. The number of non-ortho nitro benzene ring substituents is 1. The molecule has 2 aromatic rings. The Morgan fingerprint density at radius 2 is 1.74 bits per heavy atom. The van der Waals surface area contributed by atoms with Gasteiger partial charge in [0.2, 0.25) is 0 Å². The van der Waals surface area contributed by atoms with Gasteiger partial charge in [0.15, 0.2) is 0 Å². The first-order valence-corrected chi connectivity index (χ1v) is 5.99. The van der Waals surface area contributed by atoms with Gasteiger partial charge in [-0.15, -0.1) is 0 Å². The van der Waals surface area contributed by atoms with Crippen molar-refractivity contribution in [3.63, 3.8) is 0 Å². The van der Waals surface area contributed by atoms with E-state index in [1.807, 2.05) is 25.1 Å². The van der Waals surface area contributed by atoms with Crippen LogP contribution in [0.3, 0.4) is 0 Å². The molecule has 0 aliphatic rings. The summed E-state index contributed by atoms with van der Waals surface area (Å²) >= 11 is 0. The van der Waals surface area contributed by atoms with E-state index in [4.69, 9.17) is 4.74 Å². The molecule has 0 N–H and O–H groups in total. The average molecular weight is 257 g/mol. The third-order valence-corrected chi connectivity index (χ3v) is 3.03. The zero-order chi connectivity index (χ0) is 13.8. The third kappa shape index (κ3) is 3.31. The maximum absolute atomic E-state index is 10.5. The monoisotopic (exact) mass is 257 g/mol. The summed E-state index contributed by atoms with van der Waals surface area (Å²) in [5, 5.41) is 10.5. The van der Waals surface area contributed by atoms with Gasteiger partial charge in [-0.2, -0.15) is 0 Å². The molecule has 19 heavy (non-hydrogen) atoms. The molecule has 0 aliphatic carbocycles. The summed E-state index contributed by atoms with van der Waals surface area (Å²) in [6.45, 7) is 4.49. The fourth-order valence-electron chi connectivity index (χ4n) is 1.68. The topological polar surface area (TPSA) is 52.4 Å². The molecule has 0 aromatic heterocycles. The number of rotatable bonds is 4. The Labute approximate surface area is 111 Å². The minimum Gasteiger partial charge on any atom is -0.489 e. The van der Waals surface area contributed by atoms with Crippen molar-refractivity contribution >= 4 is 5.69 Å². The predicted molar refractivity (Wildman–Crippen MR) is 73.3 cm³/mol. The quantitative estimate of drug-likeness (QED) is 0.618. The molecule has 0 bridgehead atoms. The highest BCUT2D eigenvalue weighted by Crippen LogP contribution is 2.18. The molecule has 0 atom stereocenters. The summed E-state index contributed by atoms with van der Waals surface area (Å²) in [6, 6.07) is 12.3. The molecule has 0 saturated heterocycles. The largest absolute Gasteiger partial charge is 0.489 e. The van der Waals surface area contributed by atoms with E-state index < -0.39 is 4.92 Å². The second kappa shape index (κ2) is 5.52. The predicted octanol–water partition coefficient (Wildman–Crippen LogP) is 3.79. The minimum absolute atomic E-state index is 0.0925. The normalized spacial score (nSPS) is 10.2. The number of benzene rings is 2. The first kappa shape index (κ1) is 13.1. The van der Waals surface area contributed by atoms with Crippen LogP contribution >= 0.6 is 0 Å². The molecule has 0 amide bonds. The zero-order valence-electron chi connectivity index (χ0n) is 10.9. The summed E-state index contributed by atoms with van der Waals surface area (Å²) in [7, 11) is 0. The Hall–Kier alpha value is -2.36. The van der Waals surface area contributed by atoms with Crippen LogP contribution in [0.5, 0.6) is 5.75 Å². The lowest BCUT2D eigenvalue weighted by atomic mass is 10.1. The van der Waals surface area contributed by atoms with Crippen LogP contribution in [0.15, 0.2) is 42.5 Å². The molecule has 0 saturated carbocycles. The molecule has 0 heterocycles. The number of ether oxygens (including phenoxy) is 1. The van der Waals surface area contributed by atoms with Gasteiger partial charge in [-0.3, -0.25) is 10.1 Å². The van der Waals surface area contributed by atoms with Crippen molar-refractivity contribution in [1.82, 2.24) is 0 Å². The summed E-state index contributed by atoms with van der Waals surface area (Å²) in [6.07, 6.45) is 0. The average Bonchev–Trinajstić information content (AvgIpc) is 2.40. The standard InChI is InChI=1S/C15H15NO3/c1-11-3-8-15(9-12(11)2)19-10-13-4-6-14(7-5-13)16(17)18/h3-9H,10H2,1-2H3. The van der Waals surface area contributed by atoms with E-state index in [9.17, 15) is 10.1 Å². The van der Waals surface area contributed by atoms with Crippen molar-refractivity contribution in [3.05, 3.63) is 69.3 Å². The van der Waals surface area contributed by atoms with E-state index in [2.05, 4.69) is 6.92 Å². The van der Waals surface area contributed by atoms with Crippen molar-refractivity contribution in [3.8, 4) is 5.75 Å². The highest BCUT2D eigenvalue weighted by molar-refractivity contribution is 5.35. The Kier molecular flexibility index (Phi) is 3.80. The Balaban J connectivity index is 2.01. The van der Waals surface area contributed by atoms with Gasteiger partial charge >= 0.3 is 0 Å². The molecule has 0 aliphatic heterocycles. The van der Waals surface area contributed by atoms with Crippen LogP contribution in [-0.4, -0.2) is 4.92 Å². The number of hydrogen-bond donors (Lipinski definition) is 0. The maximum Gasteiger partial charge on any atom is 0.269 e. The summed E-state index contributed by atoms with van der Waals surface area (Å²) in [5.74, 6) is 0.807. The fourth-order valence-corrected chi connectivity index (χ4v) is 1.68. The lowest BCUT2D eigenvalue weighted by Crippen LogP contribution is -1.96. The van der Waals surface area contributed by atoms with Gasteiger partial charge in [-0.1, -0.05) is 6.07 Å². The summed E-state index contributed by atoms with van der Waals surface area (Å²) in [4.78, 5) is 10.1. The Morgan fingerprint density at radius 3 is 2.32 bits per heavy atom. The van der Waals surface area contributed by atoms with Gasteiger partial charge in [-0.05, 0) is 54.8 Å². The van der Waals surface area contributed by atoms with Crippen LogP contribution in [0.1, 0.15) is 16.7 Å². The summed E-state index contributed by atoms with van der Waals surface area (Å²) < 4.78 is 5.66. The molecule has 98 valence electrons. The minimum atomic E-state index is -0.409. The van der Waals surface area contributed by atoms with Crippen LogP contribution < -0.4 is 4.74 Å². The Morgan fingerprint density at radius 1 is 1.05 bits per heavy atom. The molecule has 2 aromatic carbocycles. The molecule has 4 nitrogen and oxygen atoms in total. The van der Waals surface area contributed by atoms with Gasteiger partial charge in [0.1, 0.15) is 12.4 Å². The van der Waals surface area contributed by atoms with E-state index in [0.29, 0.717) is 6.61 Å². The number of nitro benzene ring substituents is 1. The summed E-state index contributed by atoms with van der Waals surface area (Å²) in [5.41, 5.74) is 3.41. The van der Waals surface area contributed by atoms with Crippen molar-refractivity contribution in [2.45, 2.75) is 20.5 Å². The van der Waals surface area contributed by atoms with Gasteiger partial charge in [0, 0.05) is 12.1 Å². The van der Waals surface area contributed by atoms with Crippen molar-refractivity contribution in [2.24, 2.45) is 0 Å². The van der Waals surface area contributed by atoms with Gasteiger partial charge in [0.05, 0.1) is 4.92 Å². The second-order valence-corrected chi connectivity index (χ2v) is 4.46. The van der Waals surface area contributed by atoms with E-state index >= 15 is 0 Å². The zero-order valence-corrected chi connectivity index (χ0v) is 10.9. The van der Waals surface area contributed by atoms with Crippen molar-refractivity contribution in [1.29, 1.82) is 0 Å². The van der Waals surface area contributed by atoms with E-state index in [1.54, 1.807) is 12.1 Å². The SMILES string of the molecule is Cc1ccc(OCc2ccc([N+](=O)[O-])cc2)cc1C. The highest BCUT2D eigenvalue weighted by Gasteiger charge is 2.04. The van der Waals surface area contributed by atoms with Crippen LogP contribution in [0.4, 0.5) is 5.69 Å². The van der Waals surface area contributed by atoms with Crippen molar-refractivity contribution < 1.29 is 9.66 Å². The van der Waals surface area contributed by atoms with E-state index in [1.165, 1.54) is 23.3 Å². The molecular weight excluding hydrogens is 242 g/mol. The molecule has 0 unspecified atom stereocenters. The number of hydrogen-bond acceptors (Lipinski definition) is 3. The first-order valence-electron chi connectivity index (χ1n) is 5.99. The molecule has 2 rings (SSSR count). The number of aryl methyl sites for hydroxylation is 2. The van der Waals surface area contributed by atoms with Gasteiger partial charge < -0.3 is 4.74 Å². The lowest BCUT2D eigenvalue weighted by molar-refractivity contribution is -0.384. The Bertz CT molecular complexity index is 591. The highest BCUT2D eigenvalue weighted by atomic mass is 16.6. The molecular formula is C15H15NO3. The van der Waals surface area contributed by atoms with Gasteiger partial charge in [-0.25, -0.2) is 0 Å². The van der Waals surface area contributed by atoms with E-state index in [-0.39, 0.29) is 5.69 Å².